The predicted octanol–water partition coefficient (Wildman–Crippen LogP) is 2.40. The molecule has 0 bridgehead atoms. The molecule has 1 N–H and O–H groups in total. The van der Waals surface area contributed by atoms with Gasteiger partial charge in [0.25, 0.3) is 0 Å². The summed E-state index contributed by atoms with van der Waals surface area (Å²) < 4.78 is 5.37. The maximum Gasteiger partial charge on any atom is 0.225 e. The van der Waals surface area contributed by atoms with Gasteiger partial charge in [0.1, 0.15) is 0 Å². The summed E-state index contributed by atoms with van der Waals surface area (Å²) in [6.07, 6.45) is 2.81. The molecule has 160 valence electrons. The van der Waals surface area contributed by atoms with E-state index in [1.54, 1.807) is 0 Å². The lowest BCUT2D eigenvalue weighted by atomic mass is 9.85. The lowest BCUT2D eigenvalue weighted by Gasteiger charge is -2.37. The summed E-state index contributed by atoms with van der Waals surface area (Å²) in [5, 5.41) is 3.57. The first-order valence-electron chi connectivity index (χ1n) is 10.8. The average Bonchev–Trinajstić information content (AvgIpc) is 2.75. The smallest absolute Gasteiger partial charge is 0.225 e. The lowest BCUT2D eigenvalue weighted by molar-refractivity contribution is -0.140. The van der Waals surface area contributed by atoms with E-state index in [4.69, 9.17) is 4.74 Å². The number of aliphatic imine (C=N–C) groups is 1. The van der Waals surface area contributed by atoms with E-state index in [1.807, 2.05) is 11.9 Å². The van der Waals surface area contributed by atoms with Crippen LogP contribution in [0.2, 0.25) is 0 Å². The number of nitrogens with one attached hydrogen (secondary N) is 1. The molecule has 6 nitrogen and oxygen atoms in total. The van der Waals surface area contributed by atoms with Crippen LogP contribution in [0, 0.1) is 11.3 Å². The van der Waals surface area contributed by atoms with Gasteiger partial charge in [0, 0.05) is 45.7 Å². The maximum atomic E-state index is 12.7. The summed E-state index contributed by atoms with van der Waals surface area (Å²) in [7, 11) is 1.84. The van der Waals surface area contributed by atoms with E-state index in [2.05, 4.69) is 59.4 Å². The molecule has 1 aromatic rings. The molecule has 2 heterocycles. The van der Waals surface area contributed by atoms with Gasteiger partial charge in [-0.2, -0.15) is 0 Å². The Balaban J connectivity index is 1.46. The molecule has 29 heavy (non-hydrogen) atoms. The van der Waals surface area contributed by atoms with Crippen LogP contribution in [0.15, 0.2) is 35.3 Å². The Bertz CT molecular complexity index is 675. The highest BCUT2D eigenvalue weighted by atomic mass is 16.5. The Morgan fingerprint density at radius 2 is 1.76 bits per heavy atom. The monoisotopic (exact) mass is 400 g/mol. The molecule has 0 spiro atoms. The van der Waals surface area contributed by atoms with Gasteiger partial charge in [-0.3, -0.25) is 9.79 Å². The predicted molar refractivity (Wildman–Crippen MR) is 117 cm³/mol. The number of ether oxygens (including phenoxy) is 1. The lowest BCUT2D eigenvalue weighted by Crippen LogP contribution is -2.51. The number of rotatable bonds is 5. The van der Waals surface area contributed by atoms with E-state index in [0.29, 0.717) is 19.1 Å². The Morgan fingerprint density at radius 1 is 1.10 bits per heavy atom. The van der Waals surface area contributed by atoms with Gasteiger partial charge in [-0.15, -0.1) is 0 Å². The fourth-order valence-corrected chi connectivity index (χ4v) is 4.24. The van der Waals surface area contributed by atoms with Crippen molar-refractivity contribution in [2.45, 2.75) is 33.1 Å². The number of likely N-dealkylation sites (tertiary alicyclic amines) is 1. The number of carbonyl (C=O) groups excluding carboxylic acids is 1. The molecule has 3 rings (SSSR count). The van der Waals surface area contributed by atoms with Crippen molar-refractivity contribution in [1.82, 2.24) is 15.1 Å². The molecule has 0 aliphatic carbocycles. The molecule has 1 aromatic carbocycles. The molecule has 2 saturated heterocycles. The van der Waals surface area contributed by atoms with Crippen LogP contribution in [0.1, 0.15) is 32.3 Å². The van der Waals surface area contributed by atoms with Gasteiger partial charge in [0.15, 0.2) is 5.96 Å². The van der Waals surface area contributed by atoms with Gasteiger partial charge in [0.2, 0.25) is 5.91 Å². The van der Waals surface area contributed by atoms with E-state index < -0.39 is 0 Å². The van der Waals surface area contributed by atoms with Gasteiger partial charge in [-0.1, -0.05) is 44.2 Å². The van der Waals surface area contributed by atoms with Crippen molar-refractivity contribution in [3.63, 3.8) is 0 Å². The highest BCUT2D eigenvalue weighted by Gasteiger charge is 2.30. The first-order chi connectivity index (χ1) is 14.0. The Hall–Kier alpha value is -2.08. The minimum Gasteiger partial charge on any atom is -0.378 e. The van der Waals surface area contributed by atoms with Gasteiger partial charge < -0.3 is 19.9 Å². The number of hydrogen-bond acceptors (Lipinski definition) is 3. The number of guanidine groups is 1. The number of morpholine rings is 1. The standard InChI is InChI=1S/C23H36N4O2/c1-23(2,17-19-7-5-4-6-8-19)18-25-22(24-3)27-11-9-20(10-12-27)21(28)26-13-15-29-16-14-26/h4-8,20H,9-18H2,1-3H3,(H,24,25). The van der Waals surface area contributed by atoms with Crippen LogP contribution in [0.4, 0.5) is 0 Å². The second kappa shape index (κ2) is 10.1. The highest BCUT2D eigenvalue weighted by Crippen LogP contribution is 2.23. The summed E-state index contributed by atoms with van der Waals surface area (Å²) in [5.74, 6) is 1.39. The van der Waals surface area contributed by atoms with E-state index in [9.17, 15) is 4.79 Å². The van der Waals surface area contributed by atoms with Crippen LogP contribution in [0.25, 0.3) is 0 Å². The molecule has 0 aromatic heterocycles. The molecule has 0 atom stereocenters. The van der Waals surface area contributed by atoms with E-state index in [-0.39, 0.29) is 11.3 Å². The number of hydrogen-bond donors (Lipinski definition) is 1. The number of nitrogens with zero attached hydrogens (tertiary/aromatic N) is 3. The number of carbonyl (C=O) groups is 1. The SMILES string of the molecule is CN=C(NCC(C)(C)Cc1ccccc1)N1CCC(C(=O)N2CCOCC2)CC1. The maximum absolute atomic E-state index is 12.7. The molecule has 0 unspecified atom stereocenters. The molecule has 2 aliphatic rings. The van der Waals surface area contributed by atoms with Crippen molar-refractivity contribution in [2.75, 3.05) is 53.0 Å². The number of piperidine rings is 1. The van der Waals surface area contributed by atoms with E-state index >= 15 is 0 Å². The summed E-state index contributed by atoms with van der Waals surface area (Å²) in [4.78, 5) is 21.5. The van der Waals surface area contributed by atoms with Gasteiger partial charge in [0.05, 0.1) is 13.2 Å². The zero-order valence-electron chi connectivity index (χ0n) is 18.2. The van der Waals surface area contributed by atoms with Crippen molar-refractivity contribution in [1.29, 1.82) is 0 Å². The molecule has 0 radical (unpaired) electrons. The normalized spacial score (nSPS) is 19.3. The van der Waals surface area contributed by atoms with Gasteiger partial charge in [-0.05, 0) is 30.2 Å². The number of benzene rings is 1. The topological polar surface area (TPSA) is 57.2 Å². The second-order valence-corrected chi connectivity index (χ2v) is 8.93. The third-order valence-corrected chi connectivity index (χ3v) is 5.93. The van der Waals surface area contributed by atoms with Crippen LogP contribution >= 0.6 is 0 Å². The van der Waals surface area contributed by atoms with Crippen LogP contribution in [0.5, 0.6) is 0 Å². The fourth-order valence-electron chi connectivity index (χ4n) is 4.24. The number of amides is 1. The molecule has 1 amide bonds. The zero-order valence-corrected chi connectivity index (χ0v) is 18.2. The van der Waals surface area contributed by atoms with Gasteiger partial charge in [-0.25, -0.2) is 0 Å². The molecular weight excluding hydrogens is 364 g/mol. The van der Waals surface area contributed by atoms with E-state index in [1.165, 1.54) is 5.56 Å². The van der Waals surface area contributed by atoms with Crippen LogP contribution < -0.4 is 5.32 Å². The highest BCUT2D eigenvalue weighted by molar-refractivity contribution is 5.81. The van der Waals surface area contributed by atoms with Crippen LogP contribution in [-0.4, -0.2) is 74.7 Å². The quantitative estimate of drug-likeness (QED) is 0.609. The van der Waals surface area contributed by atoms with Crippen LogP contribution in [0.3, 0.4) is 0 Å². The Morgan fingerprint density at radius 3 is 2.38 bits per heavy atom. The zero-order chi connectivity index (χ0) is 20.7. The Labute approximate surface area is 175 Å². The van der Waals surface area contributed by atoms with Crippen LogP contribution in [-0.2, 0) is 16.0 Å². The molecule has 6 heteroatoms. The second-order valence-electron chi connectivity index (χ2n) is 8.93. The van der Waals surface area contributed by atoms with Crippen molar-refractivity contribution >= 4 is 11.9 Å². The first kappa shape index (κ1) is 21.6. The summed E-state index contributed by atoms with van der Waals surface area (Å²) in [5.41, 5.74) is 1.48. The van der Waals surface area contributed by atoms with Gasteiger partial charge >= 0.3 is 0 Å². The minimum atomic E-state index is 0.127. The largest absolute Gasteiger partial charge is 0.378 e. The van der Waals surface area contributed by atoms with Crippen molar-refractivity contribution in [3.05, 3.63) is 35.9 Å². The van der Waals surface area contributed by atoms with E-state index in [0.717, 1.165) is 57.9 Å². The summed E-state index contributed by atoms with van der Waals surface area (Å²) in [6.45, 7) is 9.98. The Kier molecular flexibility index (Phi) is 7.53. The average molecular weight is 401 g/mol. The molecule has 2 fully saturated rings. The molecular formula is C23H36N4O2. The molecule has 2 aliphatic heterocycles. The summed E-state index contributed by atoms with van der Waals surface area (Å²) >= 11 is 0. The third kappa shape index (κ3) is 6.20. The first-order valence-corrected chi connectivity index (χ1v) is 10.8. The van der Waals surface area contributed by atoms with Crippen molar-refractivity contribution < 1.29 is 9.53 Å². The van der Waals surface area contributed by atoms with Crippen molar-refractivity contribution in [2.24, 2.45) is 16.3 Å². The fraction of sp³-hybridized carbons (Fsp3) is 0.652. The van der Waals surface area contributed by atoms with Crippen molar-refractivity contribution in [3.8, 4) is 0 Å². The third-order valence-electron chi connectivity index (χ3n) is 5.93. The minimum absolute atomic E-state index is 0.127. The molecule has 0 saturated carbocycles. The summed E-state index contributed by atoms with van der Waals surface area (Å²) in [6, 6.07) is 10.6.